The number of carbonyl (C=O) groups is 1. The Bertz CT molecular complexity index is 1060. The minimum absolute atomic E-state index is 0.0690. The Balaban J connectivity index is 1.69. The number of phenols is 1. The molecule has 0 spiro atoms. The van der Waals surface area contributed by atoms with Crippen molar-refractivity contribution in [2.45, 2.75) is 32.2 Å². The van der Waals surface area contributed by atoms with Crippen molar-refractivity contribution in [3.63, 3.8) is 0 Å². The average molecular weight is 410 g/mol. The zero-order valence-corrected chi connectivity index (χ0v) is 16.6. The lowest BCUT2D eigenvalue weighted by Gasteiger charge is -2.29. The highest BCUT2D eigenvalue weighted by atomic mass is 35.5. The highest BCUT2D eigenvalue weighted by Gasteiger charge is 2.33. The van der Waals surface area contributed by atoms with Crippen LogP contribution in [-0.4, -0.2) is 27.7 Å². The lowest BCUT2D eigenvalue weighted by atomic mass is 9.86. The van der Waals surface area contributed by atoms with E-state index in [9.17, 15) is 9.90 Å². The number of guanidine groups is 1. The minimum Gasteiger partial charge on any atom is -0.506 e. The van der Waals surface area contributed by atoms with Crippen molar-refractivity contribution in [1.82, 2.24) is 10.3 Å². The Hall–Kier alpha value is -3.19. The minimum atomic E-state index is -0.545. The summed E-state index contributed by atoms with van der Waals surface area (Å²) in [6, 6.07) is 9.97. The van der Waals surface area contributed by atoms with Crippen LogP contribution in [0.3, 0.4) is 0 Å². The molecular weight excluding hydrogens is 390 g/mol. The number of halogens is 1. The normalized spacial score (nSPS) is 19.4. The molecule has 1 aromatic heterocycles. The van der Waals surface area contributed by atoms with Crippen molar-refractivity contribution >= 4 is 34.9 Å². The molecule has 0 fully saturated rings. The van der Waals surface area contributed by atoms with E-state index in [1.807, 2.05) is 12.1 Å². The Kier molecular flexibility index (Phi) is 5.31. The smallest absolute Gasteiger partial charge is 0.224 e. The van der Waals surface area contributed by atoms with Crippen LogP contribution >= 0.6 is 11.6 Å². The number of nitrogens with zero attached hydrogens (tertiary/aromatic N) is 3. The largest absolute Gasteiger partial charge is 0.506 e. The molecule has 0 bridgehead atoms. The first-order chi connectivity index (χ1) is 14.0. The summed E-state index contributed by atoms with van der Waals surface area (Å²) < 4.78 is 0. The number of allylic oxidation sites excluding steroid dienone is 1. The second-order valence-electron chi connectivity index (χ2n) is 6.87. The van der Waals surface area contributed by atoms with Gasteiger partial charge in [-0.05, 0) is 38.0 Å². The number of benzene rings is 1. The summed E-state index contributed by atoms with van der Waals surface area (Å²) >= 11 is 6.30. The number of anilines is 1. The van der Waals surface area contributed by atoms with E-state index in [-0.39, 0.29) is 11.5 Å². The molecule has 0 saturated carbocycles. The number of hydrogen-bond acceptors (Lipinski definition) is 6. The van der Waals surface area contributed by atoms with Crippen LogP contribution in [-0.2, 0) is 4.79 Å². The van der Waals surface area contributed by atoms with Gasteiger partial charge in [-0.1, -0.05) is 29.8 Å². The van der Waals surface area contributed by atoms with E-state index in [0.29, 0.717) is 40.2 Å². The fraction of sp³-hybridized carbons (Fsp3) is 0.238. The summed E-state index contributed by atoms with van der Waals surface area (Å²) in [7, 11) is 0. The van der Waals surface area contributed by atoms with Crippen LogP contribution in [0.5, 0.6) is 5.75 Å². The maximum Gasteiger partial charge on any atom is 0.224 e. The van der Waals surface area contributed by atoms with Gasteiger partial charge in [0, 0.05) is 29.5 Å². The van der Waals surface area contributed by atoms with Gasteiger partial charge in [-0.15, -0.1) is 0 Å². The van der Waals surface area contributed by atoms with Crippen molar-refractivity contribution < 1.29 is 9.90 Å². The van der Waals surface area contributed by atoms with Crippen LogP contribution in [0.2, 0.25) is 5.15 Å². The maximum absolute atomic E-state index is 12.6. The molecule has 4 rings (SSSR count). The highest BCUT2D eigenvalue weighted by molar-refractivity contribution is 6.30. The molecule has 7 nitrogen and oxygen atoms in total. The number of carbonyl (C=O) groups excluding carboxylic acids is 1. The van der Waals surface area contributed by atoms with Gasteiger partial charge in [-0.2, -0.15) is 0 Å². The van der Waals surface area contributed by atoms with E-state index in [0.717, 1.165) is 18.5 Å². The van der Waals surface area contributed by atoms with Crippen LogP contribution in [0.15, 0.2) is 63.8 Å². The first-order valence-electron chi connectivity index (χ1n) is 9.34. The first-order valence-corrected chi connectivity index (χ1v) is 9.72. The van der Waals surface area contributed by atoms with Crippen molar-refractivity contribution in [3.05, 3.63) is 64.6 Å². The SMILES string of the molecule is CC(=NC1=NC(c2cccnc2Cl)C2=C(CCCC2=O)N1)Nc1ccccc1O. The summed E-state index contributed by atoms with van der Waals surface area (Å²) in [6.45, 7) is 1.78. The molecule has 1 aliphatic heterocycles. The third kappa shape index (κ3) is 4.00. The van der Waals surface area contributed by atoms with E-state index in [1.165, 1.54) is 0 Å². The maximum atomic E-state index is 12.6. The Labute approximate surface area is 173 Å². The quantitative estimate of drug-likeness (QED) is 0.301. The molecule has 3 N–H and O–H groups in total. The number of rotatable bonds is 2. The summed E-state index contributed by atoms with van der Waals surface area (Å²) in [4.78, 5) is 25.9. The standard InChI is InChI=1S/C21H20ClN5O2/c1-12(24-14-7-2-3-9-16(14)28)25-21-26-15-8-4-10-17(29)18(15)19(27-21)13-6-5-11-23-20(13)22/h2-3,5-7,9,11,19,28H,4,8,10H2,1H3,(H2,24,25,26,27). The second-order valence-corrected chi connectivity index (χ2v) is 7.23. The molecule has 1 atom stereocenters. The number of phenolic OH excluding ortho intramolecular Hbond substituents is 1. The van der Waals surface area contributed by atoms with Gasteiger partial charge >= 0.3 is 0 Å². The number of amidine groups is 1. The topological polar surface area (TPSA) is 99.0 Å². The van der Waals surface area contributed by atoms with E-state index < -0.39 is 6.04 Å². The molecular formula is C21H20ClN5O2. The fourth-order valence-electron chi connectivity index (χ4n) is 3.51. The second kappa shape index (κ2) is 8.05. The molecule has 1 aliphatic carbocycles. The van der Waals surface area contributed by atoms with Crippen molar-refractivity contribution in [2.75, 3.05) is 5.32 Å². The number of nitrogens with one attached hydrogen (secondary N) is 2. The molecule has 29 heavy (non-hydrogen) atoms. The van der Waals surface area contributed by atoms with E-state index in [1.54, 1.807) is 37.4 Å². The summed E-state index contributed by atoms with van der Waals surface area (Å²) in [5.41, 5.74) is 2.69. The summed E-state index contributed by atoms with van der Waals surface area (Å²) in [5.74, 6) is 1.12. The van der Waals surface area contributed by atoms with Gasteiger partial charge in [0.1, 0.15) is 22.8 Å². The van der Waals surface area contributed by atoms with Crippen LogP contribution in [0, 0.1) is 0 Å². The number of hydrogen-bond donors (Lipinski definition) is 3. The Morgan fingerprint density at radius 1 is 1.28 bits per heavy atom. The third-order valence-corrected chi connectivity index (χ3v) is 5.14. The molecule has 1 unspecified atom stereocenters. The number of aromatic nitrogens is 1. The van der Waals surface area contributed by atoms with Gasteiger partial charge < -0.3 is 15.7 Å². The van der Waals surface area contributed by atoms with E-state index in [4.69, 9.17) is 11.6 Å². The van der Waals surface area contributed by atoms with Crippen molar-refractivity contribution in [2.24, 2.45) is 9.98 Å². The van der Waals surface area contributed by atoms with Gasteiger partial charge in [0.25, 0.3) is 0 Å². The molecule has 0 saturated heterocycles. The molecule has 1 aromatic carbocycles. The predicted molar refractivity (Wildman–Crippen MR) is 113 cm³/mol. The molecule has 0 radical (unpaired) electrons. The molecule has 148 valence electrons. The van der Waals surface area contributed by atoms with Crippen LogP contribution in [0.4, 0.5) is 5.69 Å². The zero-order valence-electron chi connectivity index (χ0n) is 15.8. The van der Waals surface area contributed by atoms with E-state index >= 15 is 0 Å². The zero-order chi connectivity index (χ0) is 20.4. The van der Waals surface area contributed by atoms with Crippen molar-refractivity contribution in [3.8, 4) is 5.75 Å². The lowest BCUT2D eigenvalue weighted by Crippen LogP contribution is -2.34. The number of aromatic hydroxyl groups is 1. The summed E-state index contributed by atoms with van der Waals surface area (Å²) in [5, 5.41) is 16.5. The van der Waals surface area contributed by atoms with Crippen LogP contribution in [0.25, 0.3) is 0 Å². The number of ketones is 1. The Morgan fingerprint density at radius 3 is 2.90 bits per heavy atom. The number of Topliss-reactive ketones (excluding diaryl/α,β-unsaturated/α-hetero) is 1. The molecule has 2 aliphatic rings. The molecule has 8 heteroatoms. The van der Waals surface area contributed by atoms with Gasteiger partial charge in [-0.25, -0.2) is 15.0 Å². The summed E-state index contributed by atoms with van der Waals surface area (Å²) in [6.07, 6.45) is 3.63. The van der Waals surface area contributed by atoms with Gasteiger partial charge in [0.2, 0.25) is 5.96 Å². The monoisotopic (exact) mass is 409 g/mol. The van der Waals surface area contributed by atoms with Crippen LogP contribution < -0.4 is 10.6 Å². The van der Waals surface area contributed by atoms with Gasteiger partial charge in [-0.3, -0.25) is 4.79 Å². The highest BCUT2D eigenvalue weighted by Crippen LogP contribution is 2.38. The first kappa shape index (κ1) is 19.1. The number of pyridine rings is 1. The Morgan fingerprint density at radius 2 is 2.10 bits per heavy atom. The van der Waals surface area contributed by atoms with Gasteiger partial charge in [0.05, 0.1) is 5.69 Å². The predicted octanol–water partition coefficient (Wildman–Crippen LogP) is 3.98. The number of aliphatic imine (C=N–C) groups is 2. The van der Waals surface area contributed by atoms with Crippen LogP contribution in [0.1, 0.15) is 37.8 Å². The molecule has 2 heterocycles. The number of para-hydroxylation sites is 2. The van der Waals surface area contributed by atoms with E-state index in [2.05, 4.69) is 25.6 Å². The third-order valence-electron chi connectivity index (χ3n) is 4.82. The fourth-order valence-corrected chi connectivity index (χ4v) is 3.73. The average Bonchev–Trinajstić information content (AvgIpc) is 2.70. The van der Waals surface area contributed by atoms with Gasteiger partial charge in [0.15, 0.2) is 5.78 Å². The lowest BCUT2D eigenvalue weighted by molar-refractivity contribution is -0.116. The molecule has 0 amide bonds. The van der Waals surface area contributed by atoms with Crippen molar-refractivity contribution in [1.29, 1.82) is 0 Å². The molecule has 2 aromatic rings.